The Morgan fingerprint density at radius 2 is 1.60 bits per heavy atom. The van der Waals surface area contributed by atoms with Crippen molar-refractivity contribution in [3.63, 3.8) is 0 Å². The summed E-state index contributed by atoms with van der Waals surface area (Å²) in [7, 11) is 0. The van der Waals surface area contributed by atoms with E-state index in [1.54, 1.807) is 12.1 Å². The van der Waals surface area contributed by atoms with Gasteiger partial charge in [-0.15, -0.1) is 0 Å². The summed E-state index contributed by atoms with van der Waals surface area (Å²) in [6, 6.07) is 14.0. The van der Waals surface area contributed by atoms with Crippen molar-refractivity contribution in [1.82, 2.24) is 0 Å². The lowest BCUT2D eigenvalue weighted by atomic mass is 10.0. The second-order valence-corrected chi connectivity index (χ2v) is 4.57. The molecule has 3 nitrogen and oxygen atoms in total. The molecule has 0 saturated carbocycles. The topological polar surface area (TPSA) is 40.5 Å². The molecule has 0 atom stereocenters. The zero-order chi connectivity index (χ0) is 14.5. The van der Waals surface area contributed by atoms with E-state index in [1.165, 1.54) is 12.1 Å². The van der Waals surface area contributed by atoms with Crippen molar-refractivity contribution in [1.29, 1.82) is 0 Å². The molecule has 104 valence electrons. The Labute approximate surface area is 119 Å². The lowest BCUT2D eigenvalue weighted by molar-refractivity contribution is 0.103. The number of phenolic OH excluding ortho intramolecular Hbond substituents is 1. The van der Waals surface area contributed by atoms with Gasteiger partial charge in [-0.3, -0.25) is 4.79 Å². The Balaban J connectivity index is 2.42. The van der Waals surface area contributed by atoms with Crippen molar-refractivity contribution in [2.75, 3.05) is 18.0 Å². The van der Waals surface area contributed by atoms with Crippen LogP contribution in [0.1, 0.15) is 29.8 Å². The fourth-order valence-corrected chi connectivity index (χ4v) is 2.27. The van der Waals surface area contributed by atoms with Gasteiger partial charge in [-0.2, -0.15) is 0 Å². The van der Waals surface area contributed by atoms with Crippen LogP contribution in [0.15, 0.2) is 48.5 Å². The molecule has 20 heavy (non-hydrogen) atoms. The normalized spacial score (nSPS) is 10.3. The Bertz CT molecular complexity index is 586. The molecule has 2 aromatic rings. The number of hydrogen-bond donors (Lipinski definition) is 1. The lowest BCUT2D eigenvalue weighted by Gasteiger charge is -2.23. The van der Waals surface area contributed by atoms with Gasteiger partial charge in [-0.25, -0.2) is 0 Å². The summed E-state index contributed by atoms with van der Waals surface area (Å²) in [5.74, 6) is 0.145. The van der Waals surface area contributed by atoms with Gasteiger partial charge in [-0.05, 0) is 50.2 Å². The first-order valence-corrected chi connectivity index (χ1v) is 6.85. The molecule has 0 spiro atoms. The summed E-state index contributed by atoms with van der Waals surface area (Å²) in [6.07, 6.45) is 0. The number of carbonyl (C=O) groups excluding carboxylic acids is 1. The molecule has 0 fully saturated rings. The molecule has 0 radical (unpaired) electrons. The highest BCUT2D eigenvalue weighted by Gasteiger charge is 2.15. The van der Waals surface area contributed by atoms with Crippen molar-refractivity contribution in [3.05, 3.63) is 59.7 Å². The molecule has 0 heterocycles. The van der Waals surface area contributed by atoms with Crippen LogP contribution in [0.5, 0.6) is 5.75 Å². The number of benzene rings is 2. The molecule has 0 aliphatic heterocycles. The summed E-state index contributed by atoms with van der Waals surface area (Å²) in [5, 5.41) is 9.31. The Kier molecular flexibility index (Phi) is 4.41. The van der Waals surface area contributed by atoms with E-state index in [2.05, 4.69) is 18.7 Å². The average molecular weight is 269 g/mol. The van der Waals surface area contributed by atoms with E-state index in [4.69, 9.17) is 0 Å². The fourth-order valence-electron chi connectivity index (χ4n) is 2.27. The second-order valence-electron chi connectivity index (χ2n) is 4.57. The third-order valence-electron chi connectivity index (χ3n) is 3.38. The largest absolute Gasteiger partial charge is 0.508 e. The molecule has 2 aromatic carbocycles. The highest BCUT2D eigenvalue weighted by atomic mass is 16.3. The van der Waals surface area contributed by atoms with Crippen LogP contribution in [0.3, 0.4) is 0 Å². The van der Waals surface area contributed by atoms with Crippen molar-refractivity contribution in [2.24, 2.45) is 0 Å². The van der Waals surface area contributed by atoms with Crippen LogP contribution in [-0.2, 0) is 0 Å². The van der Waals surface area contributed by atoms with Gasteiger partial charge in [0, 0.05) is 29.9 Å². The maximum Gasteiger partial charge on any atom is 0.195 e. The van der Waals surface area contributed by atoms with Crippen LogP contribution in [0.25, 0.3) is 0 Å². The number of para-hydroxylation sites is 1. The quantitative estimate of drug-likeness (QED) is 0.845. The van der Waals surface area contributed by atoms with Crippen LogP contribution in [0, 0.1) is 0 Å². The molecule has 0 unspecified atom stereocenters. The number of rotatable bonds is 5. The highest BCUT2D eigenvalue weighted by Crippen LogP contribution is 2.23. The molecule has 1 N–H and O–H groups in total. The standard InChI is InChI=1S/C17H19NO2/c1-3-18(4-2)16-8-6-5-7-15(16)17(20)13-9-11-14(19)12-10-13/h5-12,19H,3-4H2,1-2H3. The van der Waals surface area contributed by atoms with Crippen molar-refractivity contribution in [3.8, 4) is 5.75 Å². The number of hydrogen-bond acceptors (Lipinski definition) is 3. The van der Waals surface area contributed by atoms with Crippen LogP contribution in [-0.4, -0.2) is 24.0 Å². The van der Waals surface area contributed by atoms with Gasteiger partial charge in [0.25, 0.3) is 0 Å². The summed E-state index contributed by atoms with van der Waals surface area (Å²) in [5.41, 5.74) is 2.24. The number of ketones is 1. The monoisotopic (exact) mass is 269 g/mol. The van der Waals surface area contributed by atoms with E-state index in [-0.39, 0.29) is 11.5 Å². The Morgan fingerprint density at radius 3 is 2.20 bits per heavy atom. The molecule has 0 aromatic heterocycles. The Morgan fingerprint density at radius 1 is 1.00 bits per heavy atom. The predicted octanol–water partition coefficient (Wildman–Crippen LogP) is 3.47. The minimum atomic E-state index is -0.0208. The van der Waals surface area contributed by atoms with E-state index in [1.807, 2.05) is 24.3 Å². The van der Waals surface area contributed by atoms with E-state index in [9.17, 15) is 9.90 Å². The van der Waals surface area contributed by atoms with Gasteiger partial charge in [0.05, 0.1) is 0 Å². The molecular formula is C17H19NO2. The van der Waals surface area contributed by atoms with Crippen molar-refractivity contribution >= 4 is 11.5 Å². The average Bonchev–Trinajstić information content (AvgIpc) is 2.49. The van der Waals surface area contributed by atoms with Gasteiger partial charge in [0.2, 0.25) is 0 Å². The Hall–Kier alpha value is -2.29. The van der Waals surface area contributed by atoms with Crippen molar-refractivity contribution < 1.29 is 9.90 Å². The first kappa shape index (κ1) is 14.1. The number of phenols is 1. The van der Waals surface area contributed by atoms with E-state index < -0.39 is 0 Å². The third-order valence-corrected chi connectivity index (χ3v) is 3.38. The molecule has 0 bridgehead atoms. The third kappa shape index (κ3) is 2.82. The van der Waals surface area contributed by atoms with Gasteiger partial charge in [-0.1, -0.05) is 12.1 Å². The molecule has 3 heteroatoms. The highest BCUT2D eigenvalue weighted by molar-refractivity contribution is 6.12. The molecule has 2 rings (SSSR count). The van der Waals surface area contributed by atoms with Gasteiger partial charge in [0.1, 0.15) is 5.75 Å². The van der Waals surface area contributed by atoms with Gasteiger partial charge >= 0.3 is 0 Å². The predicted molar refractivity (Wildman–Crippen MR) is 81.5 cm³/mol. The SMILES string of the molecule is CCN(CC)c1ccccc1C(=O)c1ccc(O)cc1. The summed E-state index contributed by atoms with van der Waals surface area (Å²) >= 11 is 0. The van der Waals surface area contributed by atoms with Crippen LogP contribution in [0.4, 0.5) is 5.69 Å². The number of carbonyl (C=O) groups is 1. The molecule has 0 saturated heterocycles. The number of anilines is 1. The summed E-state index contributed by atoms with van der Waals surface area (Å²) in [6.45, 7) is 5.86. The first-order valence-electron chi connectivity index (χ1n) is 6.85. The van der Waals surface area contributed by atoms with Gasteiger partial charge in [0.15, 0.2) is 5.78 Å². The smallest absolute Gasteiger partial charge is 0.195 e. The maximum absolute atomic E-state index is 12.6. The molecule has 0 amide bonds. The van der Waals surface area contributed by atoms with Crippen LogP contribution >= 0.6 is 0 Å². The summed E-state index contributed by atoms with van der Waals surface area (Å²) < 4.78 is 0. The minimum Gasteiger partial charge on any atom is -0.508 e. The number of aromatic hydroxyl groups is 1. The van der Waals surface area contributed by atoms with E-state index in [0.717, 1.165) is 18.8 Å². The zero-order valence-corrected chi connectivity index (χ0v) is 11.8. The summed E-state index contributed by atoms with van der Waals surface area (Å²) in [4.78, 5) is 14.8. The van der Waals surface area contributed by atoms with E-state index >= 15 is 0 Å². The molecule has 0 aliphatic carbocycles. The first-order chi connectivity index (χ1) is 9.67. The molecular weight excluding hydrogens is 250 g/mol. The lowest BCUT2D eigenvalue weighted by Crippen LogP contribution is -2.24. The minimum absolute atomic E-state index is 0.0208. The van der Waals surface area contributed by atoms with Crippen LogP contribution < -0.4 is 4.90 Å². The zero-order valence-electron chi connectivity index (χ0n) is 11.8. The van der Waals surface area contributed by atoms with Gasteiger partial charge < -0.3 is 10.0 Å². The number of nitrogens with zero attached hydrogens (tertiary/aromatic N) is 1. The maximum atomic E-state index is 12.6. The van der Waals surface area contributed by atoms with Crippen molar-refractivity contribution in [2.45, 2.75) is 13.8 Å². The second kappa shape index (κ2) is 6.24. The molecule has 0 aliphatic rings. The fraction of sp³-hybridized carbons (Fsp3) is 0.235. The van der Waals surface area contributed by atoms with Crippen LogP contribution in [0.2, 0.25) is 0 Å². The van der Waals surface area contributed by atoms with E-state index in [0.29, 0.717) is 11.1 Å².